The van der Waals surface area contributed by atoms with Gasteiger partial charge in [0.1, 0.15) is 14.1 Å². The van der Waals surface area contributed by atoms with E-state index in [0.717, 1.165) is 33.7 Å². The summed E-state index contributed by atoms with van der Waals surface area (Å²) >= 11 is 0. The van der Waals surface area contributed by atoms with Gasteiger partial charge in [0.2, 0.25) is 5.52 Å². The van der Waals surface area contributed by atoms with E-state index < -0.39 is 4.92 Å². The summed E-state index contributed by atoms with van der Waals surface area (Å²) in [5.74, 6) is -0.222. The Kier molecular flexibility index (Phi) is 6.65. The topological polar surface area (TPSA) is 104 Å². The van der Waals surface area contributed by atoms with Gasteiger partial charge >= 0.3 is 0 Å². The Bertz CT molecular complexity index is 1630. The molecule has 5 rings (SSSR count). The number of aromatic nitrogens is 2. The third-order valence-electron chi connectivity index (χ3n) is 6.16. The molecule has 1 amide bonds. The highest BCUT2D eigenvalue weighted by Gasteiger charge is 2.15. The molecule has 2 aromatic heterocycles. The molecule has 2 heterocycles. The zero-order chi connectivity index (χ0) is 26.6. The van der Waals surface area contributed by atoms with Crippen molar-refractivity contribution in [1.82, 2.24) is 0 Å². The number of non-ortho nitro benzene ring substituents is 1. The molecule has 0 bridgehead atoms. The van der Waals surface area contributed by atoms with Crippen molar-refractivity contribution in [3.05, 3.63) is 119 Å². The Morgan fingerprint density at radius 2 is 1.34 bits per heavy atom. The van der Waals surface area contributed by atoms with E-state index in [9.17, 15) is 14.9 Å². The molecule has 0 aliphatic heterocycles. The van der Waals surface area contributed by atoms with Crippen molar-refractivity contribution in [3.63, 3.8) is 0 Å². The number of anilines is 5. The Labute approximate surface area is 219 Å². The fourth-order valence-electron chi connectivity index (χ4n) is 4.08. The normalized spacial score (nSPS) is 10.7. The van der Waals surface area contributed by atoms with Crippen LogP contribution in [0.25, 0.3) is 10.9 Å². The maximum absolute atomic E-state index is 12.8. The van der Waals surface area contributed by atoms with Crippen LogP contribution in [0.2, 0.25) is 0 Å². The fourth-order valence-corrected chi connectivity index (χ4v) is 4.08. The van der Waals surface area contributed by atoms with E-state index >= 15 is 0 Å². The van der Waals surface area contributed by atoms with Crippen LogP contribution >= 0.6 is 0 Å². The molecule has 0 radical (unpaired) electrons. The minimum Gasteiger partial charge on any atom is -0.355 e. The number of nitrogens with zero attached hydrogens (tertiary/aromatic N) is 3. The van der Waals surface area contributed by atoms with Gasteiger partial charge in [0, 0.05) is 59.0 Å². The minimum absolute atomic E-state index is 0.0248. The van der Waals surface area contributed by atoms with Crippen LogP contribution in [0.4, 0.5) is 34.1 Å². The van der Waals surface area contributed by atoms with Gasteiger partial charge in [-0.1, -0.05) is 0 Å². The highest BCUT2D eigenvalue weighted by atomic mass is 16.6. The number of aryl methyl sites for hydroxylation is 2. The second-order valence-electron chi connectivity index (χ2n) is 8.91. The summed E-state index contributed by atoms with van der Waals surface area (Å²) in [4.78, 5) is 23.7. The fraction of sp³-hybridized carbons (Fsp3) is 0.0690. The molecule has 3 aromatic carbocycles. The molecule has 0 spiro atoms. The van der Waals surface area contributed by atoms with Crippen LogP contribution in [0, 0.1) is 10.1 Å². The molecule has 38 heavy (non-hydrogen) atoms. The summed E-state index contributed by atoms with van der Waals surface area (Å²) in [5.41, 5.74) is 5.46. The van der Waals surface area contributed by atoms with Gasteiger partial charge in [-0.25, -0.2) is 9.13 Å². The number of carbonyl (C=O) groups is 1. The summed E-state index contributed by atoms with van der Waals surface area (Å²) in [6.45, 7) is 0. The third-order valence-corrected chi connectivity index (χ3v) is 6.16. The molecule has 188 valence electrons. The van der Waals surface area contributed by atoms with Gasteiger partial charge < -0.3 is 16.0 Å². The van der Waals surface area contributed by atoms with E-state index in [-0.39, 0.29) is 11.6 Å². The van der Waals surface area contributed by atoms with Crippen molar-refractivity contribution in [2.75, 3.05) is 16.0 Å². The van der Waals surface area contributed by atoms with Gasteiger partial charge in [0.05, 0.1) is 21.7 Å². The first-order valence-corrected chi connectivity index (χ1v) is 11.9. The summed E-state index contributed by atoms with van der Waals surface area (Å²) < 4.78 is 3.87. The van der Waals surface area contributed by atoms with Crippen molar-refractivity contribution in [1.29, 1.82) is 0 Å². The molecule has 5 aromatic rings. The van der Waals surface area contributed by atoms with E-state index in [1.807, 2.05) is 84.3 Å². The Balaban J connectivity index is 1.26. The van der Waals surface area contributed by atoms with Gasteiger partial charge in [0.25, 0.3) is 11.6 Å². The van der Waals surface area contributed by atoms with E-state index in [2.05, 4.69) is 16.0 Å². The number of hydrogen-bond acceptors (Lipinski definition) is 5. The maximum atomic E-state index is 12.8. The highest BCUT2D eigenvalue weighted by Crippen LogP contribution is 2.28. The number of carbonyl (C=O) groups excluding carboxylic acids is 1. The lowest BCUT2D eigenvalue weighted by molar-refractivity contribution is -0.671. The quantitative estimate of drug-likeness (QED) is 0.161. The van der Waals surface area contributed by atoms with E-state index in [1.165, 1.54) is 6.07 Å². The number of fused-ring (bicyclic) bond motifs is 1. The maximum Gasteiger partial charge on any atom is 0.270 e. The second-order valence-corrected chi connectivity index (χ2v) is 8.91. The predicted molar refractivity (Wildman–Crippen MR) is 147 cm³/mol. The summed E-state index contributed by atoms with van der Waals surface area (Å²) in [7, 11) is 3.85. The number of pyridine rings is 2. The number of amides is 1. The average Bonchev–Trinajstić information content (AvgIpc) is 2.93. The number of nitrogens with one attached hydrogen (secondary N) is 3. The van der Waals surface area contributed by atoms with Gasteiger partial charge in [-0.3, -0.25) is 14.9 Å². The van der Waals surface area contributed by atoms with E-state index in [0.29, 0.717) is 11.3 Å². The van der Waals surface area contributed by atoms with Crippen molar-refractivity contribution in [2.45, 2.75) is 0 Å². The van der Waals surface area contributed by atoms with E-state index in [4.69, 9.17) is 0 Å². The molecular formula is C29H26N6O3+2. The minimum atomic E-state index is -0.406. The molecule has 0 unspecified atom stereocenters. The zero-order valence-electron chi connectivity index (χ0n) is 20.9. The van der Waals surface area contributed by atoms with Gasteiger partial charge in [0.15, 0.2) is 18.6 Å². The lowest BCUT2D eigenvalue weighted by atomic mass is 10.1. The Morgan fingerprint density at radius 1 is 0.737 bits per heavy atom. The van der Waals surface area contributed by atoms with Crippen molar-refractivity contribution < 1.29 is 18.9 Å². The molecule has 0 saturated carbocycles. The molecule has 0 aliphatic carbocycles. The molecule has 3 N–H and O–H groups in total. The molecule has 9 nitrogen and oxygen atoms in total. The van der Waals surface area contributed by atoms with Crippen LogP contribution in [-0.4, -0.2) is 10.8 Å². The Morgan fingerprint density at radius 3 is 2.03 bits per heavy atom. The lowest BCUT2D eigenvalue weighted by Crippen LogP contribution is -2.28. The van der Waals surface area contributed by atoms with Gasteiger partial charge in [-0.15, -0.1) is 0 Å². The Hall–Kier alpha value is -5.31. The first-order chi connectivity index (χ1) is 18.4. The molecule has 0 atom stereocenters. The number of nitro groups is 1. The molecular weight excluding hydrogens is 480 g/mol. The molecule has 0 saturated heterocycles. The number of nitro benzene ring substituents is 1. The first kappa shape index (κ1) is 24.4. The molecule has 9 heteroatoms. The standard InChI is InChI=1S/C29H24N6O3/c1-33-16-13-24(14-17-33)30-21-7-9-23(10-8-21)32-29(36)20-3-5-22(6-4-20)31-27-15-18-34(2)28-12-11-25(35(37)38)19-26(27)28/h3-19H,1-2H3,(H,32,36)/p+2. The SMILES string of the molecule is C[n+]1ccc(Nc2ccc(NC(=O)c3ccc(Nc4cc[n+](C)c5ccc([N+](=O)[O-])cc45)cc3)cc2)cc1. The van der Waals surface area contributed by atoms with Crippen LogP contribution in [0.5, 0.6) is 0 Å². The largest absolute Gasteiger partial charge is 0.355 e. The van der Waals surface area contributed by atoms with Crippen molar-refractivity contribution in [2.24, 2.45) is 14.1 Å². The predicted octanol–water partition coefficient (Wildman–Crippen LogP) is 5.14. The number of benzene rings is 3. The van der Waals surface area contributed by atoms with E-state index in [1.54, 1.807) is 36.4 Å². The van der Waals surface area contributed by atoms with Crippen LogP contribution in [0.1, 0.15) is 10.4 Å². The lowest BCUT2D eigenvalue weighted by Gasteiger charge is -2.11. The zero-order valence-corrected chi connectivity index (χ0v) is 20.9. The van der Waals surface area contributed by atoms with Crippen molar-refractivity contribution in [3.8, 4) is 0 Å². The summed E-state index contributed by atoms with van der Waals surface area (Å²) in [5, 5.41) is 21.5. The second kappa shape index (κ2) is 10.4. The highest BCUT2D eigenvalue weighted by molar-refractivity contribution is 6.04. The van der Waals surface area contributed by atoms with Gasteiger partial charge in [-0.05, 0) is 48.5 Å². The monoisotopic (exact) mass is 506 g/mol. The number of hydrogen-bond donors (Lipinski definition) is 3. The third kappa shape index (κ3) is 5.41. The molecule has 0 aliphatic rings. The van der Waals surface area contributed by atoms with Crippen molar-refractivity contribution >= 4 is 50.9 Å². The average molecular weight is 507 g/mol. The molecule has 0 fully saturated rings. The first-order valence-electron chi connectivity index (χ1n) is 11.9. The van der Waals surface area contributed by atoms with Crippen LogP contribution in [-0.2, 0) is 14.1 Å². The summed E-state index contributed by atoms with van der Waals surface area (Å²) in [6, 6.07) is 25.2. The van der Waals surface area contributed by atoms with Gasteiger partial charge in [-0.2, -0.15) is 0 Å². The van der Waals surface area contributed by atoms with Crippen LogP contribution in [0.15, 0.2) is 104 Å². The van der Waals surface area contributed by atoms with Crippen LogP contribution < -0.4 is 25.1 Å². The summed E-state index contributed by atoms with van der Waals surface area (Å²) in [6.07, 6.45) is 5.82. The number of rotatable bonds is 7. The van der Waals surface area contributed by atoms with Crippen LogP contribution in [0.3, 0.4) is 0 Å². The smallest absolute Gasteiger partial charge is 0.270 e.